The van der Waals surface area contributed by atoms with Gasteiger partial charge in [-0.15, -0.1) is 0 Å². The van der Waals surface area contributed by atoms with Crippen molar-refractivity contribution in [1.82, 2.24) is 10.2 Å². The van der Waals surface area contributed by atoms with E-state index in [1.807, 2.05) is 0 Å². The normalized spacial score (nSPS) is 32.1. The third-order valence-corrected chi connectivity index (χ3v) is 3.44. The molecule has 1 saturated heterocycles. The van der Waals surface area contributed by atoms with Crippen LogP contribution in [0.2, 0.25) is 0 Å². The Kier molecular flexibility index (Phi) is 3.26. The van der Waals surface area contributed by atoms with Gasteiger partial charge in [-0.1, -0.05) is 0 Å². The van der Waals surface area contributed by atoms with Gasteiger partial charge in [0, 0.05) is 37.6 Å². The summed E-state index contributed by atoms with van der Waals surface area (Å²) < 4.78 is 0. The zero-order valence-corrected chi connectivity index (χ0v) is 9.41. The molecule has 0 bridgehead atoms. The molecule has 0 aromatic carbocycles. The molecule has 0 spiro atoms. The van der Waals surface area contributed by atoms with Crippen LogP contribution in [-0.4, -0.2) is 42.0 Å². The number of carbonyl (C=O) groups is 1. The highest BCUT2D eigenvalue weighted by molar-refractivity contribution is 5.73. The van der Waals surface area contributed by atoms with Crippen LogP contribution >= 0.6 is 0 Å². The summed E-state index contributed by atoms with van der Waals surface area (Å²) in [5.41, 5.74) is 5.10. The molecule has 1 amide bonds. The molecule has 4 heteroatoms. The van der Waals surface area contributed by atoms with Crippen LogP contribution < -0.4 is 11.1 Å². The average Bonchev–Trinajstić information content (AvgIpc) is 2.91. The highest BCUT2D eigenvalue weighted by Gasteiger charge is 2.38. The Morgan fingerprint density at radius 1 is 1.53 bits per heavy atom. The van der Waals surface area contributed by atoms with Crippen molar-refractivity contribution in [1.29, 1.82) is 0 Å². The molecule has 2 unspecified atom stereocenters. The Morgan fingerprint density at radius 2 is 2.27 bits per heavy atom. The molecule has 0 radical (unpaired) electrons. The molecule has 2 fully saturated rings. The van der Waals surface area contributed by atoms with E-state index in [1.165, 1.54) is 19.3 Å². The van der Waals surface area contributed by atoms with Gasteiger partial charge >= 0.3 is 0 Å². The van der Waals surface area contributed by atoms with Gasteiger partial charge in [-0.25, -0.2) is 0 Å². The van der Waals surface area contributed by atoms with Gasteiger partial charge in [0.05, 0.1) is 0 Å². The minimum Gasteiger partial charge on any atom is -0.370 e. The highest BCUT2D eigenvalue weighted by atomic mass is 16.1. The van der Waals surface area contributed by atoms with Crippen LogP contribution in [0.5, 0.6) is 0 Å². The lowest BCUT2D eigenvalue weighted by atomic mass is 10.2. The summed E-state index contributed by atoms with van der Waals surface area (Å²) in [5, 5.41) is 3.41. The molecule has 3 N–H and O–H groups in total. The molecule has 1 saturated carbocycles. The topological polar surface area (TPSA) is 58.4 Å². The van der Waals surface area contributed by atoms with E-state index in [0.29, 0.717) is 18.5 Å². The number of primary amides is 1. The maximum atomic E-state index is 10.6. The fraction of sp³-hybridized carbons (Fsp3) is 0.909. The smallest absolute Gasteiger partial charge is 0.218 e. The van der Waals surface area contributed by atoms with Crippen molar-refractivity contribution in [2.45, 2.75) is 50.7 Å². The van der Waals surface area contributed by atoms with E-state index >= 15 is 0 Å². The Labute approximate surface area is 91.2 Å². The first-order valence-electron chi connectivity index (χ1n) is 5.94. The first kappa shape index (κ1) is 10.9. The van der Waals surface area contributed by atoms with Gasteiger partial charge < -0.3 is 11.1 Å². The number of likely N-dealkylation sites (tertiary alicyclic amines) is 1. The molecule has 1 aliphatic carbocycles. The summed E-state index contributed by atoms with van der Waals surface area (Å²) in [6.45, 7) is 4.17. The quantitative estimate of drug-likeness (QED) is 0.677. The number of nitrogens with zero attached hydrogens (tertiary/aromatic N) is 1. The van der Waals surface area contributed by atoms with Crippen molar-refractivity contribution in [2.24, 2.45) is 5.73 Å². The van der Waals surface area contributed by atoms with Gasteiger partial charge in [0.15, 0.2) is 0 Å². The first-order valence-corrected chi connectivity index (χ1v) is 5.94. The molecule has 15 heavy (non-hydrogen) atoms. The van der Waals surface area contributed by atoms with E-state index < -0.39 is 0 Å². The van der Waals surface area contributed by atoms with Crippen LogP contribution in [0.4, 0.5) is 0 Å². The second-order valence-electron chi connectivity index (χ2n) is 4.88. The van der Waals surface area contributed by atoms with Gasteiger partial charge in [0.25, 0.3) is 0 Å². The molecule has 1 heterocycles. The minimum absolute atomic E-state index is 0.215. The lowest BCUT2D eigenvalue weighted by Crippen LogP contribution is -2.35. The number of carbonyl (C=O) groups excluding carboxylic acids is 1. The Balaban J connectivity index is 1.69. The molecular weight excluding hydrogens is 190 g/mol. The van der Waals surface area contributed by atoms with Crippen molar-refractivity contribution < 1.29 is 4.79 Å². The minimum atomic E-state index is -0.215. The summed E-state index contributed by atoms with van der Waals surface area (Å²) in [6.07, 6.45) is 4.40. The van der Waals surface area contributed by atoms with E-state index in [1.54, 1.807) is 0 Å². The van der Waals surface area contributed by atoms with Crippen molar-refractivity contribution in [2.75, 3.05) is 13.1 Å². The van der Waals surface area contributed by atoms with Gasteiger partial charge in [-0.2, -0.15) is 0 Å². The maximum Gasteiger partial charge on any atom is 0.218 e. The van der Waals surface area contributed by atoms with Crippen molar-refractivity contribution >= 4 is 5.91 Å². The molecule has 86 valence electrons. The Hall–Kier alpha value is -0.610. The fourth-order valence-electron chi connectivity index (χ4n) is 2.52. The summed E-state index contributed by atoms with van der Waals surface area (Å²) >= 11 is 0. The highest BCUT2D eigenvalue weighted by Crippen LogP contribution is 2.33. The zero-order valence-electron chi connectivity index (χ0n) is 9.41. The third-order valence-electron chi connectivity index (χ3n) is 3.44. The number of nitrogens with two attached hydrogens (primary N) is 1. The second kappa shape index (κ2) is 4.49. The van der Waals surface area contributed by atoms with E-state index in [2.05, 4.69) is 17.1 Å². The largest absolute Gasteiger partial charge is 0.370 e. The summed E-state index contributed by atoms with van der Waals surface area (Å²) in [7, 11) is 0. The van der Waals surface area contributed by atoms with Crippen LogP contribution in [0.3, 0.4) is 0 Å². The number of nitrogens with one attached hydrogen (secondary N) is 1. The van der Waals surface area contributed by atoms with Crippen LogP contribution in [-0.2, 0) is 4.79 Å². The number of hydrogen-bond donors (Lipinski definition) is 2. The van der Waals surface area contributed by atoms with Gasteiger partial charge in [-0.05, 0) is 26.2 Å². The number of rotatable bonds is 5. The summed E-state index contributed by atoms with van der Waals surface area (Å²) in [5.74, 6) is -0.215. The molecule has 2 aliphatic rings. The van der Waals surface area contributed by atoms with Crippen molar-refractivity contribution in [3.63, 3.8) is 0 Å². The lowest BCUT2D eigenvalue weighted by Gasteiger charge is -2.19. The zero-order chi connectivity index (χ0) is 10.8. The fourth-order valence-corrected chi connectivity index (χ4v) is 2.52. The standard InChI is InChI=1S/C11H21N3O/c1-8-6-9(13-5-4-11(12)15)7-14(8)10-2-3-10/h8-10,13H,2-7H2,1H3,(H2,12,15). The van der Waals surface area contributed by atoms with Gasteiger partial charge in [0.1, 0.15) is 0 Å². The van der Waals surface area contributed by atoms with Gasteiger partial charge in [-0.3, -0.25) is 9.69 Å². The van der Waals surface area contributed by atoms with Crippen LogP contribution in [0, 0.1) is 0 Å². The molecule has 4 nitrogen and oxygen atoms in total. The summed E-state index contributed by atoms with van der Waals surface area (Å²) in [4.78, 5) is 13.2. The van der Waals surface area contributed by atoms with E-state index in [0.717, 1.165) is 19.1 Å². The molecule has 1 aliphatic heterocycles. The lowest BCUT2D eigenvalue weighted by molar-refractivity contribution is -0.117. The van der Waals surface area contributed by atoms with Crippen LogP contribution in [0.15, 0.2) is 0 Å². The van der Waals surface area contributed by atoms with Crippen LogP contribution in [0.25, 0.3) is 0 Å². The molecule has 2 rings (SSSR count). The number of amides is 1. The molecule has 2 atom stereocenters. The van der Waals surface area contributed by atoms with E-state index in [4.69, 9.17) is 5.73 Å². The van der Waals surface area contributed by atoms with Crippen molar-refractivity contribution in [3.05, 3.63) is 0 Å². The Bertz CT molecular complexity index is 240. The van der Waals surface area contributed by atoms with Gasteiger partial charge in [0.2, 0.25) is 5.91 Å². The van der Waals surface area contributed by atoms with Crippen molar-refractivity contribution in [3.8, 4) is 0 Å². The molecule has 0 aromatic heterocycles. The monoisotopic (exact) mass is 211 g/mol. The predicted octanol–water partition coefficient (Wildman–Crippen LogP) is 0.0766. The SMILES string of the molecule is CC1CC(NCCC(N)=O)CN1C1CC1. The summed E-state index contributed by atoms with van der Waals surface area (Å²) in [6, 6.07) is 2.10. The average molecular weight is 211 g/mol. The van der Waals surface area contributed by atoms with Crippen LogP contribution in [0.1, 0.15) is 32.6 Å². The third kappa shape index (κ3) is 2.92. The second-order valence-corrected chi connectivity index (χ2v) is 4.88. The predicted molar refractivity (Wildman–Crippen MR) is 59.4 cm³/mol. The molecule has 0 aromatic rings. The van der Waals surface area contributed by atoms with E-state index in [-0.39, 0.29) is 5.91 Å². The Morgan fingerprint density at radius 3 is 2.87 bits per heavy atom. The molecular formula is C11H21N3O. The number of hydrogen-bond acceptors (Lipinski definition) is 3. The maximum absolute atomic E-state index is 10.6. The van der Waals surface area contributed by atoms with E-state index in [9.17, 15) is 4.79 Å². The first-order chi connectivity index (χ1) is 7.16.